The van der Waals surface area contributed by atoms with Crippen LogP contribution in [0.3, 0.4) is 0 Å². The van der Waals surface area contributed by atoms with E-state index in [1.807, 2.05) is 25.2 Å². The molecule has 1 fully saturated rings. The first-order chi connectivity index (χ1) is 9.08. The van der Waals surface area contributed by atoms with Crippen LogP contribution >= 0.6 is 0 Å². The summed E-state index contributed by atoms with van der Waals surface area (Å²) in [5.41, 5.74) is 1.16. The highest BCUT2D eigenvalue weighted by molar-refractivity contribution is 5.48. The van der Waals surface area contributed by atoms with Gasteiger partial charge in [-0.25, -0.2) is 4.98 Å². The number of hydrogen-bond donors (Lipinski definition) is 1. The maximum absolute atomic E-state index is 4.48. The fourth-order valence-electron chi connectivity index (χ4n) is 3.09. The van der Waals surface area contributed by atoms with Crippen molar-refractivity contribution >= 4 is 11.5 Å². The van der Waals surface area contributed by atoms with Crippen molar-refractivity contribution in [3.63, 3.8) is 0 Å². The highest BCUT2D eigenvalue weighted by Gasteiger charge is 2.27. The van der Waals surface area contributed by atoms with Crippen LogP contribution in [0.4, 0.5) is 11.5 Å². The Morgan fingerprint density at radius 3 is 2.53 bits per heavy atom. The largest absolute Gasteiger partial charge is 0.381 e. The molecule has 0 aliphatic heterocycles. The van der Waals surface area contributed by atoms with Gasteiger partial charge in [0.25, 0.3) is 0 Å². The molecule has 0 saturated heterocycles. The molecule has 0 spiro atoms. The van der Waals surface area contributed by atoms with Crippen LogP contribution in [0.15, 0.2) is 18.3 Å². The molecule has 1 aromatic heterocycles. The molecule has 1 N–H and O–H groups in total. The average molecular weight is 261 g/mol. The van der Waals surface area contributed by atoms with Gasteiger partial charge in [-0.3, -0.25) is 0 Å². The lowest BCUT2D eigenvalue weighted by atomic mass is 9.78. The van der Waals surface area contributed by atoms with Crippen molar-refractivity contribution in [2.24, 2.45) is 11.8 Å². The summed E-state index contributed by atoms with van der Waals surface area (Å²) in [6.45, 7) is 4.69. The molecule has 2 unspecified atom stereocenters. The number of nitrogens with one attached hydrogen (secondary N) is 1. The molecule has 0 aromatic carbocycles. The number of hydrogen-bond acceptors (Lipinski definition) is 3. The van der Waals surface area contributed by atoms with Crippen molar-refractivity contribution in [1.29, 1.82) is 0 Å². The Kier molecular flexibility index (Phi) is 4.67. The Labute approximate surface area is 117 Å². The SMILES string of the molecule is CC(C)C1CCCCC1Nc1ccc(N(C)C)nc1. The van der Waals surface area contributed by atoms with E-state index in [1.165, 1.54) is 25.7 Å². The zero-order valence-electron chi connectivity index (χ0n) is 12.7. The number of aromatic nitrogens is 1. The van der Waals surface area contributed by atoms with Crippen LogP contribution in [0, 0.1) is 11.8 Å². The topological polar surface area (TPSA) is 28.2 Å². The van der Waals surface area contributed by atoms with E-state index in [9.17, 15) is 0 Å². The predicted octanol–water partition coefficient (Wildman–Crippen LogP) is 3.77. The van der Waals surface area contributed by atoms with Gasteiger partial charge in [-0.1, -0.05) is 26.7 Å². The van der Waals surface area contributed by atoms with Crippen LogP contribution in [-0.4, -0.2) is 25.1 Å². The Morgan fingerprint density at radius 2 is 1.95 bits per heavy atom. The third-order valence-electron chi connectivity index (χ3n) is 4.23. The number of rotatable bonds is 4. The molecule has 2 atom stereocenters. The van der Waals surface area contributed by atoms with Gasteiger partial charge in [0.05, 0.1) is 11.9 Å². The van der Waals surface area contributed by atoms with Gasteiger partial charge in [0.2, 0.25) is 0 Å². The Morgan fingerprint density at radius 1 is 1.21 bits per heavy atom. The summed E-state index contributed by atoms with van der Waals surface area (Å²) in [6, 6.07) is 4.84. The molecule has 0 bridgehead atoms. The van der Waals surface area contributed by atoms with Gasteiger partial charge in [0.15, 0.2) is 0 Å². The second kappa shape index (κ2) is 6.27. The molecule has 3 heteroatoms. The molecule has 1 aliphatic rings. The highest BCUT2D eigenvalue weighted by atomic mass is 15.1. The van der Waals surface area contributed by atoms with E-state index < -0.39 is 0 Å². The van der Waals surface area contributed by atoms with Crippen molar-refractivity contribution in [2.45, 2.75) is 45.6 Å². The standard InChI is InChI=1S/C16H27N3/c1-12(2)14-7-5-6-8-15(14)18-13-9-10-16(17-11-13)19(3)4/h9-12,14-15,18H,5-8H2,1-4H3. The Bertz CT molecular complexity index is 383. The van der Waals surface area contributed by atoms with Crippen LogP contribution in [-0.2, 0) is 0 Å². The Hall–Kier alpha value is -1.25. The van der Waals surface area contributed by atoms with Crippen LogP contribution in [0.25, 0.3) is 0 Å². The maximum atomic E-state index is 4.48. The quantitative estimate of drug-likeness (QED) is 0.894. The monoisotopic (exact) mass is 261 g/mol. The molecule has 1 aromatic rings. The van der Waals surface area contributed by atoms with Gasteiger partial charge in [-0.2, -0.15) is 0 Å². The summed E-state index contributed by atoms with van der Waals surface area (Å²) < 4.78 is 0. The second-order valence-electron chi connectivity index (χ2n) is 6.24. The summed E-state index contributed by atoms with van der Waals surface area (Å²) in [4.78, 5) is 6.51. The number of nitrogens with zero attached hydrogens (tertiary/aromatic N) is 2. The molecule has 106 valence electrons. The molecule has 19 heavy (non-hydrogen) atoms. The normalized spacial score (nSPS) is 23.4. The second-order valence-corrected chi connectivity index (χ2v) is 6.24. The van der Waals surface area contributed by atoms with Crippen molar-refractivity contribution in [3.8, 4) is 0 Å². The molecule has 3 nitrogen and oxygen atoms in total. The third kappa shape index (κ3) is 3.62. The molecule has 1 saturated carbocycles. The van der Waals surface area contributed by atoms with Crippen molar-refractivity contribution in [2.75, 3.05) is 24.3 Å². The summed E-state index contributed by atoms with van der Waals surface area (Å²) in [5, 5.41) is 3.70. The predicted molar refractivity (Wildman–Crippen MR) is 82.8 cm³/mol. The van der Waals surface area contributed by atoms with Crippen LogP contribution < -0.4 is 10.2 Å². The lowest BCUT2D eigenvalue weighted by Gasteiger charge is -2.35. The fourth-order valence-corrected chi connectivity index (χ4v) is 3.09. The molecule has 0 radical (unpaired) electrons. The molecule has 0 amide bonds. The van der Waals surface area contributed by atoms with E-state index >= 15 is 0 Å². The summed E-state index contributed by atoms with van der Waals surface area (Å²) in [7, 11) is 4.04. The molecule has 1 aliphatic carbocycles. The van der Waals surface area contributed by atoms with E-state index in [2.05, 4.69) is 36.3 Å². The smallest absolute Gasteiger partial charge is 0.128 e. The van der Waals surface area contributed by atoms with Gasteiger partial charge >= 0.3 is 0 Å². The van der Waals surface area contributed by atoms with Gasteiger partial charge in [-0.05, 0) is 36.8 Å². The lowest BCUT2D eigenvalue weighted by molar-refractivity contribution is 0.254. The Balaban J connectivity index is 2.02. The minimum Gasteiger partial charge on any atom is -0.381 e. The van der Waals surface area contributed by atoms with Crippen LogP contribution in [0.5, 0.6) is 0 Å². The average Bonchev–Trinajstić information content (AvgIpc) is 2.39. The van der Waals surface area contributed by atoms with Gasteiger partial charge < -0.3 is 10.2 Å². The summed E-state index contributed by atoms with van der Waals surface area (Å²) >= 11 is 0. The first-order valence-electron chi connectivity index (χ1n) is 7.48. The van der Waals surface area contributed by atoms with E-state index in [-0.39, 0.29) is 0 Å². The van der Waals surface area contributed by atoms with E-state index in [1.54, 1.807) is 0 Å². The van der Waals surface area contributed by atoms with Crippen LogP contribution in [0.1, 0.15) is 39.5 Å². The third-order valence-corrected chi connectivity index (χ3v) is 4.23. The zero-order chi connectivity index (χ0) is 13.8. The van der Waals surface area contributed by atoms with Gasteiger partial charge in [-0.15, -0.1) is 0 Å². The van der Waals surface area contributed by atoms with Crippen molar-refractivity contribution in [1.82, 2.24) is 4.98 Å². The molecule has 1 heterocycles. The minimum absolute atomic E-state index is 0.612. The molecule has 2 rings (SSSR count). The fraction of sp³-hybridized carbons (Fsp3) is 0.688. The summed E-state index contributed by atoms with van der Waals surface area (Å²) in [6.07, 6.45) is 7.35. The highest BCUT2D eigenvalue weighted by Crippen LogP contribution is 2.32. The van der Waals surface area contributed by atoms with E-state index in [0.29, 0.717) is 6.04 Å². The molecular weight excluding hydrogens is 234 g/mol. The van der Waals surface area contributed by atoms with E-state index in [0.717, 1.165) is 23.3 Å². The number of anilines is 2. The van der Waals surface area contributed by atoms with E-state index in [4.69, 9.17) is 0 Å². The summed E-state index contributed by atoms with van der Waals surface area (Å²) in [5.74, 6) is 2.56. The first kappa shape index (κ1) is 14.2. The zero-order valence-corrected chi connectivity index (χ0v) is 12.7. The van der Waals surface area contributed by atoms with Crippen LogP contribution in [0.2, 0.25) is 0 Å². The maximum Gasteiger partial charge on any atom is 0.128 e. The molecular formula is C16H27N3. The first-order valence-corrected chi connectivity index (χ1v) is 7.48. The van der Waals surface area contributed by atoms with Gasteiger partial charge in [0, 0.05) is 20.1 Å². The van der Waals surface area contributed by atoms with Crippen molar-refractivity contribution in [3.05, 3.63) is 18.3 Å². The lowest BCUT2D eigenvalue weighted by Crippen LogP contribution is -2.35. The minimum atomic E-state index is 0.612. The van der Waals surface area contributed by atoms with Crippen molar-refractivity contribution < 1.29 is 0 Å². The number of pyridine rings is 1. The van der Waals surface area contributed by atoms with Gasteiger partial charge in [0.1, 0.15) is 5.82 Å².